The van der Waals surface area contributed by atoms with Crippen LogP contribution in [-0.2, 0) is 0 Å². The molecule has 2 heterocycles. The summed E-state index contributed by atoms with van der Waals surface area (Å²) in [6.45, 7) is 3.52. The van der Waals surface area contributed by atoms with Crippen LogP contribution in [0.1, 0.15) is 30.1 Å². The lowest BCUT2D eigenvalue weighted by Crippen LogP contribution is -2.50. The Morgan fingerprint density at radius 2 is 2.21 bits per heavy atom. The van der Waals surface area contributed by atoms with Crippen molar-refractivity contribution >= 4 is 5.91 Å². The Kier molecular flexibility index (Phi) is 2.86. The Morgan fingerprint density at radius 3 is 3.00 bits per heavy atom. The number of hydrogen-bond acceptors (Lipinski definition) is 4. The van der Waals surface area contributed by atoms with Gasteiger partial charge >= 0.3 is 0 Å². The zero-order valence-electron chi connectivity index (χ0n) is 11.0. The summed E-state index contributed by atoms with van der Waals surface area (Å²) in [5.41, 5.74) is 6.23. The second kappa shape index (κ2) is 4.42. The fourth-order valence-electron chi connectivity index (χ4n) is 2.77. The van der Waals surface area contributed by atoms with Gasteiger partial charge in [-0.3, -0.25) is 4.79 Å². The number of likely N-dealkylation sites (tertiary alicyclic amines) is 1. The molecule has 5 heteroatoms. The van der Waals surface area contributed by atoms with Gasteiger partial charge in [-0.15, -0.1) is 0 Å². The van der Waals surface area contributed by atoms with Crippen LogP contribution in [0.3, 0.4) is 0 Å². The SMILES string of the molecule is CC1(CN)CCCN1C(=O)c1ccc2c(c1)OCO2. The smallest absolute Gasteiger partial charge is 0.254 e. The lowest BCUT2D eigenvalue weighted by molar-refractivity contribution is 0.0636. The highest BCUT2D eigenvalue weighted by molar-refractivity contribution is 5.95. The van der Waals surface area contributed by atoms with E-state index in [1.807, 2.05) is 11.8 Å². The molecule has 3 rings (SSSR count). The Morgan fingerprint density at radius 1 is 1.42 bits per heavy atom. The number of carbonyl (C=O) groups excluding carboxylic acids is 1. The summed E-state index contributed by atoms with van der Waals surface area (Å²) < 4.78 is 10.6. The highest BCUT2D eigenvalue weighted by atomic mass is 16.7. The fourth-order valence-corrected chi connectivity index (χ4v) is 2.77. The van der Waals surface area contributed by atoms with Crippen molar-refractivity contribution in [3.05, 3.63) is 23.8 Å². The molecule has 2 aliphatic heterocycles. The van der Waals surface area contributed by atoms with Gasteiger partial charge in [0.25, 0.3) is 5.91 Å². The maximum absolute atomic E-state index is 12.6. The monoisotopic (exact) mass is 262 g/mol. The molecular weight excluding hydrogens is 244 g/mol. The molecular formula is C14H18N2O3. The quantitative estimate of drug-likeness (QED) is 0.874. The molecule has 0 aromatic heterocycles. The average molecular weight is 262 g/mol. The van der Waals surface area contributed by atoms with Crippen LogP contribution in [0, 0.1) is 0 Å². The van der Waals surface area contributed by atoms with E-state index in [0.717, 1.165) is 19.4 Å². The van der Waals surface area contributed by atoms with Gasteiger partial charge in [-0.2, -0.15) is 0 Å². The maximum atomic E-state index is 12.6. The zero-order chi connectivity index (χ0) is 13.5. The first-order valence-electron chi connectivity index (χ1n) is 6.56. The van der Waals surface area contributed by atoms with Crippen molar-refractivity contribution < 1.29 is 14.3 Å². The summed E-state index contributed by atoms with van der Waals surface area (Å²) in [5, 5.41) is 0. The Hall–Kier alpha value is -1.75. The Labute approximate surface area is 112 Å². The van der Waals surface area contributed by atoms with E-state index >= 15 is 0 Å². The number of hydrogen-bond donors (Lipinski definition) is 1. The van der Waals surface area contributed by atoms with Gasteiger partial charge < -0.3 is 20.1 Å². The molecule has 0 aliphatic carbocycles. The second-order valence-electron chi connectivity index (χ2n) is 5.33. The number of fused-ring (bicyclic) bond motifs is 1. The highest BCUT2D eigenvalue weighted by Crippen LogP contribution is 2.35. The summed E-state index contributed by atoms with van der Waals surface area (Å²) >= 11 is 0. The van der Waals surface area contributed by atoms with Gasteiger partial charge in [-0.1, -0.05) is 0 Å². The number of benzene rings is 1. The van der Waals surface area contributed by atoms with Crippen LogP contribution in [0.15, 0.2) is 18.2 Å². The Bertz CT molecular complexity index is 517. The van der Waals surface area contributed by atoms with E-state index in [4.69, 9.17) is 15.2 Å². The van der Waals surface area contributed by atoms with Gasteiger partial charge in [0.1, 0.15) is 0 Å². The van der Waals surface area contributed by atoms with Crippen LogP contribution in [0.25, 0.3) is 0 Å². The van der Waals surface area contributed by atoms with E-state index < -0.39 is 0 Å². The van der Waals surface area contributed by atoms with Crippen molar-refractivity contribution in [3.63, 3.8) is 0 Å². The zero-order valence-corrected chi connectivity index (χ0v) is 11.0. The number of nitrogens with zero attached hydrogens (tertiary/aromatic N) is 1. The molecule has 1 fully saturated rings. The van der Waals surface area contributed by atoms with Gasteiger partial charge in [0.2, 0.25) is 6.79 Å². The number of amides is 1. The normalized spacial score (nSPS) is 24.8. The van der Waals surface area contributed by atoms with Crippen LogP contribution in [0.4, 0.5) is 0 Å². The molecule has 1 aromatic rings. The van der Waals surface area contributed by atoms with E-state index in [2.05, 4.69) is 0 Å². The molecule has 19 heavy (non-hydrogen) atoms. The van der Waals surface area contributed by atoms with Crippen LogP contribution < -0.4 is 15.2 Å². The molecule has 0 saturated carbocycles. The van der Waals surface area contributed by atoms with Crippen LogP contribution >= 0.6 is 0 Å². The maximum Gasteiger partial charge on any atom is 0.254 e. The van der Waals surface area contributed by atoms with Crippen LogP contribution in [0.5, 0.6) is 11.5 Å². The number of ether oxygens (including phenoxy) is 2. The molecule has 2 aliphatic rings. The minimum Gasteiger partial charge on any atom is -0.454 e. The second-order valence-corrected chi connectivity index (χ2v) is 5.33. The molecule has 5 nitrogen and oxygen atoms in total. The van der Waals surface area contributed by atoms with Crippen LogP contribution in [-0.4, -0.2) is 36.2 Å². The molecule has 1 atom stereocenters. The van der Waals surface area contributed by atoms with Crippen molar-refractivity contribution in [2.24, 2.45) is 5.73 Å². The van der Waals surface area contributed by atoms with Crippen molar-refractivity contribution in [1.29, 1.82) is 0 Å². The van der Waals surface area contributed by atoms with Gasteiger partial charge in [0, 0.05) is 18.7 Å². The number of nitrogens with two attached hydrogens (primary N) is 1. The molecule has 1 saturated heterocycles. The summed E-state index contributed by atoms with van der Waals surface area (Å²) in [4.78, 5) is 14.5. The van der Waals surface area contributed by atoms with Gasteiger partial charge in [-0.05, 0) is 38.0 Å². The summed E-state index contributed by atoms with van der Waals surface area (Å²) in [6, 6.07) is 5.32. The van der Waals surface area contributed by atoms with Gasteiger partial charge in [0.05, 0.1) is 5.54 Å². The lowest BCUT2D eigenvalue weighted by atomic mass is 9.98. The molecule has 1 amide bonds. The topological polar surface area (TPSA) is 64.8 Å². The molecule has 1 unspecified atom stereocenters. The lowest BCUT2D eigenvalue weighted by Gasteiger charge is -2.34. The Balaban J connectivity index is 1.88. The van der Waals surface area contributed by atoms with E-state index in [1.165, 1.54) is 0 Å². The fraction of sp³-hybridized carbons (Fsp3) is 0.500. The molecule has 1 aromatic carbocycles. The summed E-state index contributed by atoms with van der Waals surface area (Å²) in [7, 11) is 0. The van der Waals surface area contributed by atoms with Crippen molar-refractivity contribution in [2.75, 3.05) is 19.9 Å². The predicted octanol–water partition coefficient (Wildman–Crippen LogP) is 1.37. The van der Waals surface area contributed by atoms with Gasteiger partial charge in [0.15, 0.2) is 11.5 Å². The third kappa shape index (κ3) is 1.94. The minimum absolute atomic E-state index is 0.0174. The highest BCUT2D eigenvalue weighted by Gasteiger charge is 2.38. The minimum atomic E-state index is -0.229. The van der Waals surface area contributed by atoms with Crippen LogP contribution in [0.2, 0.25) is 0 Å². The molecule has 0 radical (unpaired) electrons. The van der Waals surface area contributed by atoms with Crippen molar-refractivity contribution in [3.8, 4) is 11.5 Å². The summed E-state index contributed by atoms with van der Waals surface area (Å²) in [5.74, 6) is 1.35. The third-order valence-electron chi connectivity index (χ3n) is 4.05. The average Bonchev–Trinajstić information content (AvgIpc) is 3.03. The largest absolute Gasteiger partial charge is 0.454 e. The molecule has 2 N–H and O–H groups in total. The van der Waals surface area contributed by atoms with Gasteiger partial charge in [-0.25, -0.2) is 0 Å². The number of carbonyl (C=O) groups is 1. The molecule has 0 bridgehead atoms. The van der Waals surface area contributed by atoms with Crippen molar-refractivity contribution in [1.82, 2.24) is 4.90 Å². The molecule has 102 valence electrons. The van der Waals surface area contributed by atoms with E-state index in [0.29, 0.717) is 23.6 Å². The van der Waals surface area contributed by atoms with E-state index in [1.54, 1.807) is 18.2 Å². The summed E-state index contributed by atoms with van der Waals surface area (Å²) in [6.07, 6.45) is 1.96. The molecule has 0 spiro atoms. The standard InChI is InChI=1S/C14H18N2O3/c1-14(8-15)5-2-6-16(14)13(17)10-3-4-11-12(7-10)19-9-18-11/h3-4,7H,2,5-6,8-9,15H2,1H3. The predicted molar refractivity (Wildman–Crippen MR) is 70.3 cm³/mol. The third-order valence-corrected chi connectivity index (χ3v) is 4.05. The van der Waals surface area contributed by atoms with Crippen molar-refractivity contribution in [2.45, 2.75) is 25.3 Å². The first kappa shape index (κ1) is 12.3. The first-order chi connectivity index (χ1) is 9.14. The van der Waals surface area contributed by atoms with E-state index in [-0.39, 0.29) is 18.2 Å². The first-order valence-corrected chi connectivity index (χ1v) is 6.56. The number of rotatable bonds is 2. The van der Waals surface area contributed by atoms with E-state index in [9.17, 15) is 4.79 Å².